The van der Waals surface area contributed by atoms with Crippen LogP contribution in [0.5, 0.6) is 0 Å². The highest BCUT2D eigenvalue weighted by molar-refractivity contribution is 7.47. The van der Waals surface area contributed by atoms with Crippen LogP contribution in [0.3, 0.4) is 0 Å². The number of unbranched alkanes of at least 4 members (excludes halogenated alkanes) is 37. The number of aliphatic hydroxyl groups excluding tert-OH is 1. The number of esters is 4. The van der Waals surface area contributed by atoms with E-state index in [1.165, 1.54) is 186 Å². The minimum atomic E-state index is -4.96. The van der Waals surface area contributed by atoms with Gasteiger partial charge in [-0.2, -0.15) is 0 Å². The second kappa shape index (κ2) is 65.4. The smallest absolute Gasteiger partial charge is 0.462 e. The lowest BCUT2D eigenvalue weighted by molar-refractivity contribution is -0.161. The van der Waals surface area contributed by atoms with Gasteiger partial charge in [0.2, 0.25) is 0 Å². The molecule has 3 N–H and O–H groups in total. The van der Waals surface area contributed by atoms with E-state index in [2.05, 4.69) is 55.4 Å². The molecule has 0 aromatic rings. The van der Waals surface area contributed by atoms with Crippen molar-refractivity contribution in [1.29, 1.82) is 0 Å². The molecule has 564 valence electrons. The van der Waals surface area contributed by atoms with Gasteiger partial charge in [0.05, 0.1) is 26.4 Å². The lowest BCUT2D eigenvalue weighted by atomic mass is 9.99. The average Bonchev–Trinajstić information content (AvgIpc) is 1.51. The summed E-state index contributed by atoms with van der Waals surface area (Å²) in [7, 11) is -9.91. The highest BCUT2D eigenvalue weighted by atomic mass is 31.2. The summed E-state index contributed by atoms with van der Waals surface area (Å²) in [4.78, 5) is 72.8. The van der Waals surface area contributed by atoms with Crippen LogP contribution in [0.25, 0.3) is 0 Å². The Balaban J connectivity index is 5.24. The first kappa shape index (κ1) is 93.1. The predicted molar refractivity (Wildman–Crippen MR) is 386 cm³/mol. The van der Waals surface area contributed by atoms with Crippen LogP contribution in [0.15, 0.2) is 0 Å². The predicted octanol–water partition coefficient (Wildman–Crippen LogP) is 22.0. The molecule has 17 nitrogen and oxygen atoms in total. The molecule has 0 fully saturated rings. The summed E-state index contributed by atoms with van der Waals surface area (Å²) in [5.74, 6) is 0.960. The van der Waals surface area contributed by atoms with Crippen LogP contribution in [-0.2, 0) is 65.4 Å². The minimum absolute atomic E-state index is 0.102. The van der Waals surface area contributed by atoms with Gasteiger partial charge in [-0.1, -0.05) is 331 Å². The highest BCUT2D eigenvalue weighted by Crippen LogP contribution is 2.45. The molecule has 95 heavy (non-hydrogen) atoms. The maximum Gasteiger partial charge on any atom is 0.472 e. The van der Waals surface area contributed by atoms with Crippen molar-refractivity contribution in [3.8, 4) is 0 Å². The molecule has 7 atom stereocenters. The Bertz CT molecular complexity index is 1870. The van der Waals surface area contributed by atoms with E-state index < -0.39 is 97.5 Å². The van der Waals surface area contributed by atoms with Gasteiger partial charge < -0.3 is 33.8 Å². The Labute approximate surface area is 581 Å². The summed E-state index contributed by atoms with van der Waals surface area (Å²) in [5, 5.41) is 10.6. The molecule has 0 bridgehead atoms. The lowest BCUT2D eigenvalue weighted by Crippen LogP contribution is -2.30. The zero-order valence-electron chi connectivity index (χ0n) is 62.3. The Kier molecular flexibility index (Phi) is 64.0. The summed E-state index contributed by atoms with van der Waals surface area (Å²) in [6.45, 7) is 14.2. The maximum absolute atomic E-state index is 13.1. The molecule has 0 heterocycles. The van der Waals surface area contributed by atoms with Crippen LogP contribution in [0.1, 0.15) is 383 Å². The van der Waals surface area contributed by atoms with Gasteiger partial charge in [0.1, 0.15) is 19.3 Å². The van der Waals surface area contributed by atoms with E-state index in [1.807, 2.05) is 0 Å². The van der Waals surface area contributed by atoms with Crippen molar-refractivity contribution >= 4 is 39.5 Å². The van der Waals surface area contributed by atoms with Crippen LogP contribution in [0.4, 0.5) is 0 Å². The van der Waals surface area contributed by atoms with Crippen molar-refractivity contribution in [3.05, 3.63) is 0 Å². The van der Waals surface area contributed by atoms with E-state index in [-0.39, 0.29) is 25.7 Å². The Hall–Kier alpha value is -1.94. The number of ether oxygens (including phenoxy) is 4. The van der Waals surface area contributed by atoms with Gasteiger partial charge in [0.25, 0.3) is 0 Å². The topological polar surface area (TPSA) is 237 Å². The number of rotatable bonds is 73. The maximum atomic E-state index is 13.1. The van der Waals surface area contributed by atoms with Gasteiger partial charge >= 0.3 is 39.5 Å². The van der Waals surface area contributed by atoms with Crippen molar-refractivity contribution in [2.45, 2.75) is 401 Å². The average molecular weight is 1400 g/mol. The largest absolute Gasteiger partial charge is 0.472 e. The first-order chi connectivity index (χ1) is 45.7. The van der Waals surface area contributed by atoms with Crippen molar-refractivity contribution in [2.75, 3.05) is 39.6 Å². The van der Waals surface area contributed by atoms with E-state index in [1.54, 1.807) is 0 Å². The summed E-state index contributed by atoms with van der Waals surface area (Å²) < 4.78 is 68.5. The summed E-state index contributed by atoms with van der Waals surface area (Å²) in [6, 6.07) is 0. The highest BCUT2D eigenvalue weighted by Gasteiger charge is 2.30. The fourth-order valence-corrected chi connectivity index (χ4v) is 13.1. The molecule has 19 heteroatoms. The van der Waals surface area contributed by atoms with Gasteiger partial charge in [-0.3, -0.25) is 37.3 Å². The molecule has 0 aromatic heterocycles. The number of phosphoric ester groups is 2. The fourth-order valence-electron chi connectivity index (χ4n) is 11.5. The van der Waals surface area contributed by atoms with Crippen LogP contribution < -0.4 is 0 Å². The Morgan fingerprint density at radius 1 is 0.295 bits per heavy atom. The molecular formula is C76H148O17P2. The molecule has 0 spiro atoms. The second-order valence-corrected chi connectivity index (χ2v) is 31.7. The third kappa shape index (κ3) is 67.6. The monoisotopic (exact) mass is 1400 g/mol. The molecular weight excluding hydrogens is 1250 g/mol. The van der Waals surface area contributed by atoms with Crippen LogP contribution in [-0.4, -0.2) is 96.7 Å². The Morgan fingerprint density at radius 3 is 0.747 bits per heavy atom. The third-order valence-corrected chi connectivity index (χ3v) is 20.2. The zero-order valence-corrected chi connectivity index (χ0v) is 64.1. The lowest BCUT2D eigenvalue weighted by Gasteiger charge is -2.21. The molecule has 0 aromatic carbocycles. The number of aliphatic hydroxyl groups is 1. The van der Waals surface area contributed by atoms with Crippen molar-refractivity contribution in [3.63, 3.8) is 0 Å². The van der Waals surface area contributed by atoms with Gasteiger partial charge in [0, 0.05) is 25.7 Å². The van der Waals surface area contributed by atoms with Crippen LogP contribution in [0.2, 0.25) is 0 Å². The summed E-state index contributed by atoms with van der Waals surface area (Å²) in [5.41, 5.74) is 0. The second-order valence-electron chi connectivity index (χ2n) is 28.8. The Morgan fingerprint density at radius 2 is 0.505 bits per heavy atom. The third-order valence-electron chi connectivity index (χ3n) is 18.3. The number of carbonyl (C=O) groups is 4. The normalized spacial score (nSPS) is 14.7. The number of hydrogen-bond acceptors (Lipinski definition) is 15. The molecule has 0 radical (unpaired) electrons. The van der Waals surface area contributed by atoms with Gasteiger partial charge in [0.15, 0.2) is 12.2 Å². The number of hydrogen-bond donors (Lipinski definition) is 3. The molecule has 0 aliphatic carbocycles. The molecule has 0 amide bonds. The van der Waals surface area contributed by atoms with Gasteiger partial charge in [-0.25, -0.2) is 9.13 Å². The van der Waals surface area contributed by atoms with Crippen LogP contribution in [0, 0.1) is 23.7 Å². The van der Waals surface area contributed by atoms with Gasteiger partial charge in [-0.05, 0) is 49.4 Å². The first-order valence-corrected chi connectivity index (χ1v) is 42.3. The van der Waals surface area contributed by atoms with E-state index in [9.17, 15) is 43.2 Å². The quantitative estimate of drug-likeness (QED) is 0.0222. The molecule has 5 unspecified atom stereocenters. The van der Waals surface area contributed by atoms with Crippen LogP contribution >= 0.6 is 15.6 Å². The van der Waals surface area contributed by atoms with E-state index in [4.69, 9.17) is 37.0 Å². The zero-order chi connectivity index (χ0) is 70.3. The van der Waals surface area contributed by atoms with Crippen molar-refractivity contribution < 1.29 is 80.2 Å². The summed E-state index contributed by atoms with van der Waals surface area (Å²) >= 11 is 0. The van der Waals surface area contributed by atoms with E-state index in [0.717, 1.165) is 114 Å². The van der Waals surface area contributed by atoms with E-state index >= 15 is 0 Å². The minimum Gasteiger partial charge on any atom is -0.462 e. The van der Waals surface area contributed by atoms with Crippen molar-refractivity contribution in [1.82, 2.24) is 0 Å². The SMILES string of the molecule is CCC(C)CCCCCCCCCCCCCCCCC(=O)O[C@H](COC(=O)CCCCCCCCCCCCCCCC(C)C)COP(=O)(O)OCC(O)COP(=O)(O)OC[C@@H](COC(=O)CCCCCCCCCCC(C)C)OC(=O)CCCCCCCCC(C)CC. The molecule has 0 aliphatic heterocycles. The molecule has 0 saturated heterocycles. The van der Waals surface area contributed by atoms with E-state index in [0.29, 0.717) is 25.7 Å². The fraction of sp³-hybridized carbons (Fsp3) is 0.947. The summed E-state index contributed by atoms with van der Waals surface area (Å²) in [6.07, 6.45) is 50.0. The molecule has 0 saturated carbocycles. The number of phosphoric acid groups is 2. The standard InChI is InChI=1S/C76H148O17P2/c1-9-68(7)54-46-38-30-23-19-15-11-12-16-21-25-33-42-50-58-75(80)92-71(62-86-73(78)56-48-40-31-24-20-17-13-14-18-22-28-36-44-52-66(3)4)64-90-94(82,83)88-60-70(77)61-89-95(84,85)91-65-72(93-76(81)59-51-43-35-34-39-47-55-69(8)10-2)63-87-74(79)57-49-41-32-27-26-29-37-45-53-67(5)6/h66-72,77H,9-65H2,1-8H3,(H,82,83)(H,84,85)/t68?,69?,70?,71-,72-/m1/s1. The van der Waals surface area contributed by atoms with Crippen molar-refractivity contribution in [2.24, 2.45) is 23.7 Å². The molecule has 0 aliphatic rings. The first-order valence-electron chi connectivity index (χ1n) is 39.3. The number of carbonyl (C=O) groups excluding carboxylic acids is 4. The van der Waals surface area contributed by atoms with Gasteiger partial charge in [-0.15, -0.1) is 0 Å². The molecule has 0 rings (SSSR count).